The molecule has 3 aliphatic heterocycles. The molecule has 3 amide bonds. The molecule has 5 rings (SSSR count). The lowest BCUT2D eigenvalue weighted by molar-refractivity contribution is -0.159. The van der Waals surface area contributed by atoms with Crippen LogP contribution in [0, 0.1) is 24.7 Å². The highest BCUT2D eigenvalue weighted by Crippen LogP contribution is 2.42. The Bertz CT molecular complexity index is 838. The van der Waals surface area contributed by atoms with E-state index in [4.69, 9.17) is 0 Å². The number of amides is 3. The van der Waals surface area contributed by atoms with Crippen molar-refractivity contribution in [2.24, 2.45) is 17.8 Å². The molecule has 1 aromatic rings. The van der Waals surface area contributed by atoms with E-state index in [-0.39, 0.29) is 35.6 Å². The second-order valence-electron chi connectivity index (χ2n) is 9.05. The van der Waals surface area contributed by atoms with Crippen molar-refractivity contribution in [3.05, 3.63) is 10.6 Å². The maximum Gasteiger partial charge on any atom is 0.267 e. The molecule has 29 heavy (non-hydrogen) atoms. The van der Waals surface area contributed by atoms with Crippen LogP contribution in [0.4, 0.5) is 0 Å². The van der Waals surface area contributed by atoms with Gasteiger partial charge in [0.1, 0.15) is 10.9 Å². The zero-order valence-electron chi connectivity index (χ0n) is 16.7. The van der Waals surface area contributed by atoms with Gasteiger partial charge in [-0.15, -0.1) is 5.10 Å². The lowest BCUT2D eigenvalue weighted by Gasteiger charge is -2.55. The van der Waals surface area contributed by atoms with Crippen LogP contribution in [0.2, 0.25) is 0 Å². The van der Waals surface area contributed by atoms with E-state index in [9.17, 15) is 14.4 Å². The van der Waals surface area contributed by atoms with Crippen LogP contribution in [0.1, 0.15) is 53.9 Å². The molecular weight excluding hydrogens is 390 g/mol. The standard InChI is InChI=1S/C20H27N5O3S/c1-11-18(29-23-22-11)20(28)24-9-13-7-14(10-24)17(19(27)21-8-12-5-6-12)25-15(13)3-2-4-16(25)26/h12-15,17H,2-10H2,1H3,(H,21,27)/t13-,14+,15+,17-/m1/s1. The first-order valence-corrected chi connectivity index (χ1v) is 11.5. The lowest BCUT2D eigenvalue weighted by atomic mass is 9.71. The van der Waals surface area contributed by atoms with E-state index in [0.717, 1.165) is 30.8 Å². The van der Waals surface area contributed by atoms with Gasteiger partial charge in [0.15, 0.2) is 0 Å². The molecule has 0 radical (unpaired) electrons. The molecule has 0 unspecified atom stereocenters. The third kappa shape index (κ3) is 3.43. The SMILES string of the molecule is Cc1nnsc1C(=O)N1C[C@H]2C[C@@H](C1)[C@H](C(=O)NCC1CC1)N1C(=O)CCC[C@@H]21. The Morgan fingerprint density at radius 1 is 1.21 bits per heavy atom. The number of fused-ring (bicyclic) bond motifs is 4. The number of carbonyl (C=O) groups is 3. The molecule has 3 saturated heterocycles. The molecule has 1 N–H and O–H groups in total. The number of aromatic nitrogens is 2. The quantitative estimate of drug-likeness (QED) is 0.795. The van der Waals surface area contributed by atoms with Crippen LogP contribution in [0.3, 0.4) is 0 Å². The summed E-state index contributed by atoms with van der Waals surface area (Å²) < 4.78 is 3.90. The minimum absolute atomic E-state index is 0.0172. The van der Waals surface area contributed by atoms with Gasteiger partial charge in [-0.2, -0.15) is 0 Å². The van der Waals surface area contributed by atoms with Crippen LogP contribution in [0.5, 0.6) is 0 Å². The van der Waals surface area contributed by atoms with Gasteiger partial charge in [-0.05, 0) is 62.4 Å². The minimum atomic E-state index is -0.459. The van der Waals surface area contributed by atoms with Crippen LogP contribution in [0.25, 0.3) is 0 Å². The normalized spacial score (nSPS) is 31.4. The largest absolute Gasteiger partial charge is 0.354 e. The number of aryl methyl sites for hydroxylation is 1. The molecule has 8 nitrogen and oxygen atoms in total. The van der Waals surface area contributed by atoms with Crippen LogP contribution in [-0.2, 0) is 9.59 Å². The second-order valence-corrected chi connectivity index (χ2v) is 9.80. The first kappa shape index (κ1) is 19.0. The van der Waals surface area contributed by atoms with Crippen LogP contribution in [0.15, 0.2) is 0 Å². The maximum atomic E-state index is 13.2. The highest BCUT2D eigenvalue weighted by atomic mass is 32.1. The van der Waals surface area contributed by atoms with Crippen molar-refractivity contribution in [3.8, 4) is 0 Å². The van der Waals surface area contributed by atoms with Crippen molar-refractivity contribution in [2.45, 2.75) is 57.5 Å². The number of piperidine rings is 3. The van der Waals surface area contributed by atoms with E-state index >= 15 is 0 Å². The zero-order valence-corrected chi connectivity index (χ0v) is 17.5. The molecule has 1 aliphatic carbocycles. The molecule has 2 bridgehead atoms. The molecule has 0 spiro atoms. The predicted octanol–water partition coefficient (Wildman–Crippen LogP) is 1.21. The topological polar surface area (TPSA) is 95.5 Å². The predicted molar refractivity (Wildman–Crippen MR) is 106 cm³/mol. The molecule has 9 heteroatoms. The van der Waals surface area contributed by atoms with Crippen molar-refractivity contribution in [3.63, 3.8) is 0 Å². The molecule has 0 aromatic carbocycles. The number of nitrogens with zero attached hydrogens (tertiary/aromatic N) is 4. The van der Waals surface area contributed by atoms with Crippen LogP contribution < -0.4 is 5.32 Å². The molecule has 1 aromatic heterocycles. The molecule has 4 heterocycles. The Kier molecular flexibility index (Phi) is 4.80. The second kappa shape index (κ2) is 7.34. The van der Waals surface area contributed by atoms with Gasteiger partial charge in [-0.3, -0.25) is 14.4 Å². The van der Waals surface area contributed by atoms with Gasteiger partial charge in [0.2, 0.25) is 11.8 Å². The van der Waals surface area contributed by atoms with E-state index in [1.165, 1.54) is 12.8 Å². The highest BCUT2D eigenvalue weighted by Gasteiger charge is 2.52. The Labute approximate surface area is 174 Å². The number of rotatable bonds is 4. The van der Waals surface area contributed by atoms with Gasteiger partial charge in [0, 0.05) is 38.0 Å². The van der Waals surface area contributed by atoms with Gasteiger partial charge in [0.25, 0.3) is 5.91 Å². The Morgan fingerprint density at radius 3 is 2.72 bits per heavy atom. The summed E-state index contributed by atoms with van der Waals surface area (Å²) in [5.74, 6) is 0.830. The molecule has 156 valence electrons. The first-order valence-electron chi connectivity index (χ1n) is 10.7. The third-order valence-electron chi connectivity index (χ3n) is 7.00. The molecule has 4 fully saturated rings. The number of hydrogen-bond acceptors (Lipinski definition) is 6. The Morgan fingerprint density at radius 2 is 2.00 bits per heavy atom. The summed E-state index contributed by atoms with van der Waals surface area (Å²) in [6, 6.07) is -0.403. The summed E-state index contributed by atoms with van der Waals surface area (Å²) >= 11 is 1.13. The fourth-order valence-electron chi connectivity index (χ4n) is 5.40. The fourth-order valence-corrected chi connectivity index (χ4v) is 6.03. The van der Waals surface area contributed by atoms with Gasteiger partial charge in [0.05, 0.1) is 5.69 Å². The van der Waals surface area contributed by atoms with Crippen molar-refractivity contribution in [2.75, 3.05) is 19.6 Å². The van der Waals surface area contributed by atoms with Gasteiger partial charge >= 0.3 is 0 Å². The molecular formula is C20H27N5O3S. The number of hydrogen-bond donors (Lipinski definition) is 1. The average molecular weight is 418 g/mol. The van der Waals surface area contributed by atoms with E-state index < -0.39 is 6.04 Å². The fraction of sp³-hybridized carbons (Fsp3) is 0.750. The first-order chi connectivity index (χ1) is 14.0. The van der Waals surface area contributed by atoms with Gasteiger partial charge in [-0.25, -0.2) is 0 Å². The summed E-state index contributed by atoms with van der Waals surface area (Å²) in [5, 5.41) is 7.07. The Hall–Kier alpha value is -2.03. The molecule has 1 saturated carbocycles. The molecule has 4 atom stereocenters. The average Bonchev–Trinajstić information content (AvgIpc) is 3.45. The summed E-state index contributed by atoms with van der Waals surface area (Å²) in [6.45, 7) is 3.64. The van der Waals surface area contributed by atoms with Gasteiger partial charge < -0.3 is 15.1 Å². The monoisotopic (exact) mass is 417 g/mol. The molecule has 4 aliphatic rings. The third-order valence-corrected chi connectivity index (χ3v) is 7.82. The summed E-state index contributed by atoms with van der Waals surface area (Å²) in [7, 11) is 0. The number of likely N-dealkylation sites (tertiary alicyclic amines) is 1. The van der Waals surface area contributed by atoms with E-state index in [1.807, 2.05) is 9.80 Å². The summed E-state index contributed by atoms with van der Waals surface area (Å²) in [4.78, 5) is 43.4. The highest BCUT2D eigenvalue weighted by molar-refractivity contribution is 7.07. The number of nitrogens with one attached hydrogen (secondary N) is 1. The maximum absolute atomic E-state index is 13.2. The van der Waals surface area contributed by atoms with E-state index in [2.05, 4.69) is 14.9 Å². The van der Waals surface area contributed by atoms with Crippen molar-refractivity contribution >= 4 is 29.3 Å². The van der Waals surface area contributed by atoms with Crippen LogP contribution >= 0.6 is 11.5 Å². The van der Waals surface area contributed by atoms with Crippen molar-refractivity contribution in [1.29, 1.82) is 0 Å². The van der Waals surface area contributed by atoms with E-state index in [0.29, 0.717) is 42.5 Å². The van der Waals surface area contributed by atoms with E-state index in [1.54, 1.807) is 6.92 Å². The Balaban J connectivity index is 1.41. The number of carbonyl (C=O) groups excluding carboxylic acids is 3. The summed E-state index contributed by atoms with van der Waals surface area (Å²) in [5.41, 5.74) is 0.656. The zero-order chi connectivity index (χ0) is 20.1. The lowest BCUT2D eigenvalue weighted by Crippen LogP contribution is -2.68. The smallest absolute Gasteiger partial charge is 0.267 e. The van der Waals surface area contributed by atoms with Crippen molar-refractivity contribution < 1.29 is 14.4 Å². The summed E-state index contributed by atoms with van der Waals surface area (Å²) in [6.07, 6.45) is 5.55. The van der Waals surface area contributed by atoms with Gasteiger partial charge in [-0.1, -0.05) is 4.49 Å². The van der Waals surface area contributed by atoms with Crippen molar-refractivity contribution in [1.82, 2.24) is 24.7 Å². The minimum Gasteiger partial charge on any atom is -0.354 e. The van der Waals surface area contributed by atoms with Crippen LogP contribution in [-0.4, -0.2) is 68.8 Å².